The number of primary amides is 1. The number of nitrogens with two attached hydrogens (primary N) is 1. The Kier molecular flexibility index (Phi) is 6.97. The lowest BCUT2D eigenvalue weighted by molar-refractivity contribution is -0.202. The summed E-state index contributed by atoms with van der Waals surface area (Å²) < 4.78 is 59.3. The van der Waals surface area contributed by atoms with Crippen molar-refractivity contribution in [3.8, 4) is 0 Å². The summed E-state index contributed by atoms with van der Waals surface area (Å²) in [5, 5.41) is 0. The van der Waals surface area contributed by atoms with E-state index in [1.165, 1.54) is 0 Å². The molecule has 158 valence electrons. The molecule has 0 heterocycles. The maximum Gasteiger partial charge on any atom is 0.303 e. The average molecular weight is 410 g/mol. The summed E-state index contributed by atoms with van der Waals surface area (Å²) in [6.45, 7) is -5.82. The van der Waals surface area contributed by atoms with Gasteiger partial charge >= 0.3 is 29.8 Å². The van der Waals surface area contributed by atoms with E-state index in [0.29, 0.717) is 0 Å². The van der Waals surface area contributed by atoms with E-state index < -0.39 is 101 Å². The Labute approximate surface area is 167 Å². The molecular weight excluding hydrogens is 382 g/mol. The Balaban J connectivity index is 6.50. The van der Waals surface area contributed by atoms with E-state index in [1.54, 1.807) is 0 Å². The van der Waals surface area contributed by atoms with E-state index in [4.69, 9.17) is 31.5 Å². The van der Waals surface area contributed by atoms with Crippen LogP contribution in [0.5, 0.6) is 0 Å². The smallest absolute Gasteiger partial charge is 0.303 e. The molecule has 0 aliphatic rings. The molecule has 0 radical (unpaired) electrons. The number of carbonyl (C=O) groups is 6. The van der Waals surface area contributed by atoms with Gasteiger partial charge in [-0.15, -0.1) is 0 Å². The van der Waals surface area contributed by atoms with Crippen LogP contribution in [0.1, 0.15) is 41.4 Å². The zero-order valence-electron chi connectivity index (χ0n) is 19.6. The third-order valence-corrected chi connectivity index (χ3v) is 2.75. The predicted octanol–water partition coefficient (Wildman–Crippen LogP) is -1.24. The number of hydrogen-bond acceptors (Lipinski definition) is 11. The Morgan fingerprint density at radius 3 is 1.68 bits per heavy atom. The number of esters is 5. The van der Waals surface area contributed by atoms with Gasteiger partial charge in [0, 0.05) is 41.4 Å². The molecule has 1 amide bonds. The topological polar surface area (TPSA) is 175 Å². The lowest BCUT2D eigenvalue weighted by atomic mass is 10.0. The molecule has 4 atom stereocenters. The number of ether oxygens (including phenoxy) is 5. The molecule has 0 unspecified atom stereocenters. The SMILES string of the molecule is [2H]CC(=O)OC[C@@H](OC(=O)C[2H])[C@@H](OC(=O)C[2H])[C@H](OC(=O)C[2H])[C@@H](OC(=O)C[2H])C(N)=O. The minimum atomic E-state index is -2.23. The average Bonchev–Trinajstić information content (AvgIpc) is 2.81. The van der Waals surface area contributed by atoms with Crippen LogP contribution >= 0.6 is 0 Å². The van der Waals surface area contributed by atoms with Crippen molar-refractivity contribution in [2.24, 2.45) is 5.73 Å². The Hall–Kier alpha value is -3.18. The number of carbonyl (C=O) groups excluding carboxylic acids is 6. The van der Waals surface area contributed by atoms with Crippen molar-refractivity contribution in [2.45, 2.75) is 58.9 Å². The summed E-state index contributed by atoms with van der Waals surface area (Å²) in [6.07, 6.45) is -8.40. The molecule has 0 aromatic heterocycles. The zero-order valence-corrected chi connectivity index (χ0v) is 14.6. The van der Waals surface area contributed by atoms with Gasteiger partial charge in [-0.05, 0) is 0 Å². The van der Waals surface area contributed by atoms with Gasteiger partial charge in [0.2, 0.25) is 6.10 Å². The maximum absolute atomic E-state index is 12.0. The van der Waals surface area contributed by atoms with Gasteiger partial charge in [0.25, 0.3) is 5.91 Å². The molecule has 2 N–H and O–H groups in total. The van der Waals surface area contributed by atoms with E-state index in [-0.39, 0.29) is 0 Å². The first kappa shape index (κ1) is 17.0. The van der Waals surface area contributed by atoms with E-state index in [9.17, 15) is 28.8 Å². The number of hydrogen-bond donors (Lipinski definition) is 1. The second kappa shape index (κ2) is 11.5. The van der Waals surface area contributed by atoms with Crippen LogP contribution in [0.4, 0.5) is 0 Å². The second-order valence-corrected chi connectivity index (χ2v) is 4.93. The van der Waals surface area contributed by atoms with E-state index in [2.05, 4.69) is 4.74 Å². The molecule has 0 aliphatic heterocycles. The highest BCUT2D eigenvalue weighted by molar-refractivity contribution is 5.83. The molecule has 12 nitrogen and oxygen atoms in total. The van der Waals surface area contributed by atoms with Crippen LogP contribution in [0.2, 0.25) is 0 Å². The van der Waals surface area contributed by atoms with Crippen molar-refractivity contribution in [1.29, 1.82) is 0 Å². The molecule has 0 spiro atoms. The van der Waals surface area contributed by atoms with Gasteiger partial charge in [-0.1, -0.05) is 0 Å². The van der Waals surface area contributed by atoms with Gasteiger partial charge in [0.1, 0.15) is 6.61 Å². The second-order valence-electron chi connectivity index (χ2n) is 4.93. The summed E-state index contributed by atoms with van der Waals surface area (Å²) in [5.41, 5.74) is 5.19. The van der Waals surface area contributed by atoms with Crippen molar-refractivity contribution < 1.29 is 59.3 Å². The number of rotatable bonds is 10. The van der Waals surface area contributed by atoms with E-state index >= 15 is 0 Å². The van der Waals surface area contributed by atoms with Crippen LogP contribution in [0, 0.1) is 0 Å². The molecule has 0 bridgehead atoms. The molecule has 0 saturated heterocycles. The summed E-state index contributed by atoms with van der Waals surface area (Å²) in [4.78, 5) is 70.3. The van der Waals surface area contributed by atoms with Crippen molar-refractivity contribution in [2.75, 3.05) is 6.61 Å². The standard InChI is InChI=1S/C16H23NO11/c1-7(18)24-6-12(25-8(2)19)13(26-9(3)20)14(27-10(4)21)15(16(17)23)28-11(5)22/h12-15H,6H2,1-5H3,(H2,17,23)/t12-,13-,14+,15-/m1/s1/i1D,2D,3D,4D,5D. The Bertz CT molecular complexity index is 723. The fraction of sp³-hybridized carbons (Fsp3) is 0.625. The van der Waals surface area contributed by atoms with Crippen LogP contribution in [0.25, 0.3) is 0 Å². The number of amides is 1. The molecule has 0 aliphatic carbocycles. The third kappa shape index (κ3) is 9.50. The van der Waals surface area contributed by atoms with E-state index in [0.717, 1.165) is 0 Å². The van der Waals surface area contributed by atoms with Crippen molar-refractivity contribution in [1.82, 2.24) is 0 Å². The first-order valence-corrected chi connectivity index (χ1v) is 7.23. The van der Waals surface area contributed by atoms with Gasteiger partial charge in [-0.25, -0.2) is 0 Å². The maximum atomic E-state index is 12.0. The van der Waals surface area contributed by atoms with Gasteiger partial charge in [0.15, 0.2) is 18.3 Å². The lowest BCUT2D eigenvalue weighted by Crippen LogP contribution is -2.56. The van der Waals surface area contributed by atoms with Crippen LogP contribution in [-0.2, 0) is 52.5 Å². The van der Waals surface area contributed by atoms with Gasteiger partial charge in [-0.3, -0.25) is 28.8 Å². The summed E-state index contributed by atoms with van der Waals surface area (Å²) in [5.74, 6) is -7.82. The largest absolute Gasteiger partial charge is 0.462 e. The van der Waals surface area contributed by atoms with Gasteiger partial charge in [0.05, 0.1) is 0 Å². The molecule has 0 fully saturated rings. The quantitative estimate of drug-likeness (QED) is 0.337. The first-order chi connectivity index (χ1) is 15.5. The molecular formula is C16H23NO11. The molecule has 0 saturated carbocycles. The summed E-state index contributed by atoms with van der Waals surface area (Å²) in [6, 6.07) is 0. The molecule has 0 aromatic carbocycles. The van der Waals surface area contributed by atoms with Crippen molar-refractivity contribution in [3.63, 3.8) is 0 Å². The molecule has 28 heavy (non-hydrogen) atoms. The molecule has 0 aromatic rings. The highest BCUT2D eigenvalue weighted by atomic mass is 16.6. The summed E-state index contributed by atoms with van der Waals surface area (Å²) in [7, 11) is 0. The monoisotopic (exact) mass is 410 g/mol. The molecule has 0 rings (SSSR count). The van der Waals surface area contributed by atoms with Crippen LogP contribution in [0.3, 0.4) is 0 Å². The fourth-order valence-electron chi connectivity index (χ4n) is 1.93. The highest BCUT2D eigenvalue weighted by Gasteiger charge is 2.46. The van der Waals surface area contributed by atoms with Crippen molar-refractivity contribution >= 4 is 35.8 Å². The Morgan fingerprint density at radius 1 is 0.714 bits per heavy atom. The zero-order chi connectivity index (χ0) is 25.6. The fourth-order valence-corrected chi connectivity index (χ4v) is 1.93. The van der Waals surface area contributed by atoms with Crippen LogP contribution in [-0.4, -0.2) is 66.8 Å². The summed E-state index contributed by atoms with van der Waals surface area (Å²) >= 11 is 0. The highest BCUT2D eigenvalue weighted by Crippen LogP contribution is 2.20. The first-order valence-electron chi connectivity index (χ1n) is 10.8. The van der Waals surface area contributed by atoms with Crippen molar-refractivity contribution in [3.05, 3.63) is 0 Å². The predicted molar refractivity (Wildman–Crippen MR) is 88.0 cm³/mol. The van der Waals surface area contributed by atoms with Gasteiger partial charge < -0.3 is 29.4 Å². The molecule has 12 heteroatoms. The van der Waals surface area contributed by atoms with Gasteiger partial charge in [-0.2, -0.15) is 0 Å². The third-order valence-electron chi connectivity index (χ3n) is 2.75. The van der Waals surface area contributed by atoms with Crippen LogP contribution in [0.15, 0.2) is 0 Å². The lowest BCUT2D eigenvalue weighted by Gasteiger charge is -2.34. The Morgan fingerprint density at radius 2 is 1.18 bits per heavy atom. The van der Waals surface area contributed by atoms with E-state index in [1.807, 2.05) is 0 Å². The normalized spacial score (nSPS) is 16.8. The van der Waals surface area contributed by atoms with Crippen LogP contribution < -0.4 is 5.73 Å². The minimum absolute atomic E-state index is 0.863. The minimum Gasteiger partial charge on any atom is -0.462 e.